The van der Waals surface area contributed by atoms with E-state index in [1.165, 1.54) is 11.8 Å². The Morgan fingerprint density at radius 2 is 1.68 bits per heavy atom. The molecular weight excluding hydrogens is 500 g/mol. The van der Waals surface area contributed by atoms with E-state index in [1.807, 2.05) is 43.3 Å². The van der Waals surface area contributed by atoms with Gasteiger partial charge in [-0.1, -0.05) is 48.0 Å². The molecule has 3 heterocycles. The van der Waals surface area contributed by atoms with E-state index >= 15 is 0 Å². The standard InChI is InChI=1S/C31H27ClN2O4/c1-20(29(19-35)33-17-22-11-12-23(18-33)34(22)21-7-3-2-4-8-21)37-24-13-14-26-27(16-31(36)38-30(26)15-24)25-9-5-6-10-28(25)32/h2-10,13-16,20,22-23H,11-12,17-18H2,1H3/t20-,22?,23?/m1/s1. The number of ether oxygens (including phenoxy) is 1. The summed E-state index contributed by atoms with van der Waals surface area (Å²) in [7, 11) is 0. The summed E-state index contributed by atoms with van der Waals surface area (Å²) in [4.78, 5) is 29.1. The topological polar surface area (TPSA) is 63.0 Å². The number of piperazine rings is 1. The molecule has 2 aliphatic rings. The van der Waals surface area contributed by atoms with Gasteiger partial charge in [0.1, 0.15) is 29.1 Å². The van der Waals surface area contributed by atoms with Crippen molar-refractivity contribution in [1.29, 1.82) is 0 Å². The third-order valence-electron chi connectivity index (χ3n) is 7.56. The number of hydrogen-bond acceptors (Lipinski definition) is 6. The van der Waals surface area contributed by atoms with Gasteiger partial charge in [0, 0.05) is 64.5 Å². The first-order chi connectivity index (χ1) is 18.5. The fraction of sp³-hybridized carbons (Fsp3) is 0.258. The van der Waals surface area contributed by atoms with Gasteiger partial charge in [-0.2, -0.15) is 0 Å². The first-order valence-electron chi connectivity index (χ1n) is 12.8. The van der Waals surface area contributed by atoms with Crippen molar-refractivity contribution >= 4 is 34.2 Å². The second-order valence-electron chi connectivity index (χ2n) is 9.90. The van der Waals surface area contributed by atoms with Crippen LogP contribution in [0.25, 0.3) is 22.1 Å². The third-order valence-corrected chi connectivity index (χ3v) is 7.89. The van der Waals surface area contributed by atoms with Crippen molar-refractivity contribution in [2.24, 2.45) is 0 Å². The monoisotopic (exact) mass is 526 g/mol. The van der Waals surface area contributed by atoms with Crippen LogP contribution in [0.5, 0.6) is 5.75 Å². The van der Waals surface area contributed by atoms with Gasteiger partial charge in [-0.15, -0.1) is 0 Å². The van der Waals surface area contributed by atoms with E-state index in [1.54, 1.807) is 12.1 Å². The van der Waals surface area contributed by atoms with Gasteiger partial charge in [0.15, 0.2) is 0 Å². The molecule has 1 aromatic heterocycles. The quantitative estimate of drug-likeness (QED) is 0.228. The molecule has 2 unspecified atom stereocenters. The summed E-state index contributed by atoms with van der Waals surface area (Å²) in [5.74, 6) is 2.66. The van der Waals surface area contributed by atoms with Crippen LogP contribution in [0.4, 0.5) is 5.69 Å². The highest BCUT2D eigenvalue weighted by molar-refractivity contribution is 6.33. The molecule has 0 saturated carbocycles. The summed E-state index contributed by atoms with van der Waals surface area (Å²) >= 11 is 6.40. The van der Waals surface area contributed by atoms with Crippen LogP contribution in [0.3, 0.4) is 0 Å². The van der Waals surface area contributed by atoms with Gasteiger partial charge in [0.25, 0.3) is 0 Å². The largest absolute Gasteiger partial charge is 0.484 e. The van der Waals surface area contributed by atoms with Gasteiger partial charge < -0.3 is 19.0 Å². The molecule has 3 atom stereocenters. The van der Waals surface area contributed by atoms with Gasteiger partial charge in [0.05, 0.1) is 0 Å². The highest BCUT2D eigenvalue weighted by Gasteiger charge is 2.41. The van der Waals surface area contributed by atoms with E-state index in [9.17, 15) is 9.59 Å². The molecule has 6 rings (SSSR count). The first kappa shape index (κ1) is 24.4. The highest BCUT2D eigenvalue weighted by atomic mass is 35.5. The van der Waals surface area contributed by atoms with Crippen LogP contribution in [0.1, 0.15) is 19.8 Å². The van der Waals surface area contributed by atoms with Crippen molar-refractivity contribution in [1.82, 2.24) is 4.90 Å². The summed E-state index contributed by atoms with van der Waals surface area (Å²) in [6.45, 7) is 3.35. The van der Waals surface area contributed by atoms with Crippen molar-refractivity contribution in [3.8, 4) is 16.9 Å². The number of fused-ring (bicyclic) bond motifs is 3. The summed E-state index contributed by atoms with van der Waals surface area (Å²) in [5, 5.41) is 1.30. The Morgan fingerprint density at radius 1 is 0.974 bits per heavy atom. The molecule has 2 bridgehead atoms. The Kier molecular flexibility index (Phi) is 6.44. The van der Waals surface area contributed by atoms with Gasteiger partial charge in [-0.25, -0.2) is 9.59 Å². The Labute approximate surface area is 225 Å². The van der Waals surface area contributed by atoms with Gasteiger partial charge in [0.2, 0.25) is 0 Å². The molecule has 2 saturated heterocycles. The zero-order valence-corrected chi connectivity index (χ0v) is 21.7. The van der Waals surface area contributed by atoms with Crippen molar-refractivity contribution in [2.75, 3.05) is 18.0 Å². The average Bonchev–Trinajstić information content (AvgIpc) is 3.19. The first-order valence-corrected chi connectivity index (χ1v) is 13.2. The fourth-order valence-corrected chi connectivity index (χ4v) is 6.14. The predicted octanol–water partition coefficient (Wildman–Crippen LogP) is 5.95. The Morgan fingerprint density at radius 3 is 2.39 bits per heavy atom. The molecule has 0 aliphatic carbocycles. The van der Waals surface area contributed by atoms with E-state index in [-0.39, 0.29) is 0 Å². The van der Waals surface area contributed by atoms with Crippen molar-refractivity contribution in [3.05, 3.63) is 100 Å². The maximum Gasteiger partial charge on any atom is 0.336 e. The number of carbonyl (C=O) groups excluding carboxylic acids is 1. The molecule has 7 heteroatoms. The maximum atomic E-state index is 12.4. The lowest BCUT2D eigenvalue weighted by Gasteiger charge is -2.44. The Balaban J connectivity index is 1.23. The van der Waals surface area contributed by atoms with E-state index < -0.39 is 11.7 Å². The van der Waals surface area contributed by atoms with Crippen LogP contribution in [-0.4, -0.2) is 42.1 Å². The summed E-state index contributed by atoms with van der Waals surface area (Å²) in [6.07, 6.45) is 1.66. The van der Waals surface area contributed by atoms with Crippen molar-refractivity contribution in [2.45, 2.75) is 38.0 Å². The average molecular weight is 527 g/mol. The zero-order valence-electron chi connectivity index (χ0n) is 21.0. The molecule has 2 aliphatic heterocycles. The van der Waals surface area contributed by atoms with E-state index in [2.05, 4.69) is 40.0 Å². The number of likely N-dealkylation sites (tertiary alicyclic amines) is 1. The van der Waals surface area contributed by atoms with Crippen LogP contribution in [0.15, 0.2) is 93.8 Å². The highest BCUT2D eigenvalue weighted by Crippen LogP contribution is 2.37. The lowest BCUT2D eigenvalue weighted by molar-refractivity contribution is 0.181. The van der Waals surface area contributed by atoms with Crippen LogP contribution in [0, 0.1) is 0 Å². The second kappa shape index (κ2) is 10.1. The zero-order chi connectivity index (χ0) is 26.2. The minimum absolute atomic E-state index is 0.338. The van der Waals surface area contributed by atoms with Crippen molar-refractivity contribution < 1.29 is 13.9 Å². The lowest BCUT2D eigenvalue weighted by Crippen LogP contribution is -2.54. The Bertz CT molecular complexity index is 1580. The number of benzene rings is 3. The molecule has 0 amide bonds. The van der Waals surface area contributed by atoms with Gasteiger partial charge >= 0.3 is 5.63 Å². The lowest BCUT2D eigenvalue weighted by atomic mass is 10.0. The summed E-state index contributed by atoms with van der Waals surface area (Å²) in [5.41, 5.74) is 3.10. The van der Waals surface area contributed by atoms with Crippen molar-refractivity contribution in [3.63, 3.8) is 0 Å². The molecular formula is C31H27ClN2O4. The Hall–Kier alpha value is -3.99. The molecule has 6 nitrogen and oxygen atoms in total. The molecule has 0 radical (unpaired) electrons. The fourth-order valence-electron chi connectivity index (χ4n) is 5.90. The molecule has 0 N–H and O–H groups in total. The second-order valence-corrected chi connectivity index (χ2v) is 10.3. The minimum atomic E-state index is -0.522. The van der Waals surface area contributed by atoms with Gasteiger partial charge in [-0.3, -0.25) is 0 Å². The number of para-hydroxylation sites is 1. The van der Waals surface area contributed by atoms with E-state index in [0.717, 1.165) is 36.9 Å². The molecule has 0 spiro atoms. The van der Waals surface area contributed by atoms with Gasteiger partial charge in [-0.05, 0) is 50.1 Å². The van der Waals surface area contributed by atoms with Crippen LogP contribution < -0.4 is 15.3 Å². The summed E-state index contributed by atoms with van der Waals surface area (Å²) in [6, 6.07) is 25.3. The number of nitrogens with zero attached hydrogens (tertiary/aromatic N) is 2. The molecule has 2 fully saturated rings. The number of hydrogen-bond donors (Lipinski definition) is 0. The molecule has 3 aromatic carbocycles. The van der Waals surface area contributed by atoms with Crippen LogP contribution in [-0.2, 0) is 4.79 Å². The maximum absolute atomic E-state index is 12.4. The number of halogens is 1. The van der Waals surface area contributed by atoms with Crippen LogP contribution in [0.2, 0.25) is 5.02 Å². The predicted molar refractivity (Wildman–Crippen MR) is 150 cm³/mol. The minimum Gasteiger partial charge on any atom is -0.484 e. The molecule has 192 valence electrons. The SMILES string of the molecule is C[C@@H](Oc1ccc2c(-c3ccccc3Cl)cc(=O)oc2c1)C(=C=O)N1CC2CCC(C1)N2c1ccccc1. The third kappa shape index (κ3) is 4.47. The summed E-state index contributed by atoms with van der Waals surface area (Å²) < 4.78 is 11.7. The molecule has 4 aromatic rings. The van der Waals surface area contributed by atoms with E-state index in [0.29, 0.717) is 39.7 Å². The smallest absolute Gasteiger partial charge is 0.336 e. The number of rotatable bonds is 6. The van der Waals surface area contributed by atoms with E-state index in [4.69, 9.17) is 20.8 Å². The normalized spacial score (nSPS) is 19.3. The van der Waals surface area contributed by atoms with Crippen LogP contribution >= 0.6 is 11.6 Å². The molecule has 38 heavy (non-hydrogen) atoms. The number of anilines is 1.